The summed E-state index contributed by atoms with van der Waals surface area (Å²) in [6.45, 7) is 2.21. The van der Waals surface area contributed by atoms with Crippen molar-refractivity contribution in [3.8, 4) is 11.5 Å². The van der Waals surface area contributed by atoms with E-state index < -0.39 is 0 Å². The van der Waals surface area contributed by atoms with E-state index in [4.69, 9.17) is 9.15 Å². The molecule has 1 aromatic heterocycles. The van der Waals surface area contributed by atoms with Gasteiger partial charge in [-0.25, -0.2) is 4.79 Å². The van der Waals surface area contributed by atoms with Crippen LogP contribution < -0.4 is 5.32 Å². The summed E-state index contributed by atoms with van der Waals surface area (Å²) < 4.78 is 10.7. The number of amides is 2. The summed E-state index contributed by atoms with van der Waals surface area (Å²) in [6, 6.07) is 7.61. The lowest BCUT2D eigenvalue weighted by atomic mass is 10.1. The summed E-state index contributed by atoms with van der Waals surface area (Å²) in [7, 11) is 0. The maximum absolute atomic E-state index is 12.7. The van der Waals surface area contributed by atoms with Crippen LogP contribution in [0.4, 0.5) is 10.5 Å². The number of urea groups is 1. The van der Waals surface area contributed by atoms with Crippen LogP contribution in [0.15, 0.2) is 35.1 Å². The molecule has 2 saturated heterocycles. The van der Waals surface area contributed by atoms with Gasteiger partial charge in [-0.1, -0.05) is 6.07 Å². The lowest BCUT2D eigenvalue weighted by Gasteiger charge is -2.43. The molecule has 0 unspecified atom stereocenters. The Kier molecular flexibility index (Phi) is 4.40. The third kappa shape index (κ3) is 3.11. The average molecular weight is 346 g/mol. The zero-order valence-electron chi connectivity index (χ0n) is 13.1. The molecule has 3 heterocycles. The fourth-order valence-electron chi connectivity index (χ4n) is 3.16. The number of nitrogens with zero attached hydrogens (tertiary/aromatic N) is 3. The first-order valence-electron chi connectivity index (χ1n) is 7.95. The Labute approximate surface area is 143 Å². The van der Waals surface area contributed by atoms with Gasteiger partial charge in [0.2, 0.25) is 12.3 Å². The monoisotopic (exact) mass is 346 g/mol. The number of anilines is 1. The zero-order chi connectivity index (χ0) is 16.4. The summed E-state index contributed by atoms with van der Waals surface area (Å²) in [6.07, 6.45) is 2.18. The number of aromatic nitrogens is 2. The maximum atomic E-state index is 12.7. The van der Waals surface area contributed by atoms with E-state index in [1.807, 2.05) is 40.9 Å². The van der Waals surface area contributed by atoms with Gasteiger partial charge < -0.3 is 19.4 Å². The lowest BCUT2D eigenvalue weighted by Crippen LogP contribution is -2.55. The fraction of sp³-hybridized carbons (Fsp3) is 0.438. The second-order valence-electron chi connectivity index (χ2n) is 5.79. The van der Waals surface area contributed by atoms with E-state index in [9.17, 15) is 4.79 Å². The van der Waals surface area contributed by atoms with Crippen LogP contribution in [0.5, 0.6) is 0 Å². The molecule has 126 valence electrons. The molecule has 0 saturated carbocycles. The molecule has 2 aliphatic rings. The molecule has 8 heteroatoms. The van der Waals surface area contributed by atoms with Crippen LogP contribution in [-0.2, 0) is 4.74 Å². The molecule has 0 aliphatic carbocycles. The van der Waals surface area contributed by atoms with Crippen molar-refractivity contribution in [1.82, 2.24) is 15.1 Å². The van der Waals surface area contributed by atoms with Gasteiger partial charge in [-0.2, -0.15) is 11.8 Å². The Morgan fingerprint density at radius 3 is 3.25 bits per heavy atom. The number of benzene rings is 1. The second kappa shape index (κ2) is 6.82. The van der Waals surface area contributed by atoms with Gasteiger partial charge in [0.15, 0.2) is 0 Å². The Hall–Kier alpha value is -2.06. The van der Waals surface area contributed by atoms with Crippen molar-refractivity contribution in [2.75, 3.05) is 30.8 Å². The Bertz CT molecular complexity index is 707. The number of carbonyl (C=O) groups excluding carboxylic acids is 1. The predicted octanol–water partition coefficient (Wildman–Crippen LogP) is 2.47. The van der Waals surface area contributed by atoms with Gasteiger partial charge in [-0.05, 0) is 24.6 Å². The number of hydrogen-bond acceptors (Lipinski definition) is 6. The van der Waals surface area contributed by atoms with Gasteiger partial charge in [0.25, 0.3) is 0 Å². The molecule has 7 nitrogen and oxygen atoms in total. The van der Waals surface area contributed by atoms with Crippen LogP contribution in [0.3, 0.4) is 0 Å². The highest BCUT2D eigenvalue weighted by Crippen LogP contribution is 2.30. The molecule has 2 aromatic rings. The number of thioether (sulfide) groups is 1. The number of ether oxygens (including phenoxy) is 1. The van der Waals surface area contributed by atoms with Gasteiger partial charge in [0, 0.05) is 41.4 Å². The maximum Gasteiger partial charge on any atom is 0.322 e. The van der Waals surface area contributed by atoms with Crippen LogP contribution in [-0.4, -0.2) is 57.9 Å². The van der Waals surface area contributed by atoms with E-state index in [1.165, 1.54) is 6.39 Å². The average Bonchev–Trinajstić information content (AvgIpc) is 3.16. The first-order valence-corrected chi connectivity index (χ1v) is 9.00. The quantitative estimate of drug-likeness (QED) is 0.900. The SMILES string of the molecule is O=C(Nc1cccc(-c2nnco2)c1)N1CCS[C@@H]2COCC[C@@H]21. The summed E-state index contributed by atoms with van der Waals surface area (Å²) >= 11 is 1.90. The van der Waals surface area contributed by atoms with Gasteiger partial charge in [0.05, 0.1) is 6.61 Å². The minimum absolute atomic E-state index is 0.0603. The Morgan fingerprint density at radius 1 is 1.42 bits per heavy atom. The molecule has 0 bridgehead atoms. The summed E-state index contributed by atoms with van der Waals surface area (Å²) in [5.74, 6) is 1.38. The standard InChI is InChI=1S/C16H18N4O3S/c21-16(20-5-7-24-14-9-22-6-4-13(14)20)18-12-3-1-2-11(8-12)15-19-17-10-23-15/h1-3,8,10,13-14H,4-7,9H2,(H,18,21)/t13-,14+/m0/s1. The van der Waals surface area contributed by atoms with Crippen molar-refractivity contribution in [3.05, 3.63) is 30.7 Å². The molecular weight excluding hydrogens is 328 g/mol. The normalized spacial score (nSPS) is 23.6. The highest BCUT2D eigenvalue weighted by atomic mass is 32.2. The smallest absolute Gasteiger partial charge is 0.322 e. The van der Waals surface area contributed by atoms with Crippen LogP contribution in [0.1, 0.15) is 6.42 Å². The van der Waals surface area contributed by atoms with Crippen molar-refractivity contribution in [1.29, 1.82) is 0 Å². The first kappa shape index (κ1) is 15.5. The zero-order valence-corrected chi connectivity index (χ0v) is 13.9. The molecule has 2 fully saturated rings. The van der Waals surface area contributed by atoms with Crippen molar-refractivity contribution in [2.45, 2.75) is 17.7 Å². The molecule has 1 N–H and O–H groups in total. The summed E-state index contributed by atoms with van der Waals surface area (Å²) in [5.41, 5.74) is 1.50. The molecule has 2 aliphatic heterocycles. The molecule has 0 radical (unpaired) electrons. The van der Waals surface area contributed by atoms with E-state index in [0.717, 1.165) is 43.2 Å². The third-order valence-electron chi connectivity index (χ3n) is 4.32. The summed E-state index contributed by atoms with van der Waals surface area (Å²) in [4.78, 5) is 14.7. The summed E-state index contributed by atoms with van der Waals surface area (Å²) in [5, 5.41) is 10.9. The number of nitrogens with one attached hydrogen (secondary N) is 1. The molecule has 0 spiro atoms. The number of carbonyl (C=O) groups is 1. The van der Waals surface area contributed by atoms with Crippen molar-refractivity contribution < 1.29 is 13.9 Å². The minimum Gasteiger partial charge on any atom is -0.423 e. The lowest BCUT2D eigenvalue weighted by molar-refractivity contribution is 0.0520. The van der Waals surface area contributed by atoms with E-state index in [2.05, 4.69) is 15.5 Å². The number of hydrogen-bond donors (Lipinski definition) is 1. The largest absolute Gasteiger partial charge is 0.423 e. The van der Waals surface area contributed by atoms with Gasteiger partial charge in [0.1, 0.15) is 0 Å². The minimum atomic E-state index is -0.0603. The Balaban J connectivity index is 1.48. The van der Waals surface area contributed by atoms with Crippen LogP contribution in [0.2, 0.25) is 0 Å². The highest BCUT2D eigenvalue weighted by Gasteiger charge is 2.36. The van der Waals surface area contributed by atoms with Gasteiger partial charge in [-0.15, -0.1) is 10.2 Å². The third-order valence-corrected chi connectivity index (χ3v) is 5.61. The fourth-order valence-corrected chi connectivity index (χ4v) is 4.46. The first-order chi connectivity index (χ1) is 11.8. The van der Waals surface area contributed by atoms with Crippen molar-refractivity contribution in [2.24, 2.45) is 0 Å². The van der Waals surface area contributed by atoms with E-state index in [-0.39, 0.29) is 12.1 Å². The van der Waals surface area contributed by atoms with Crippen molar-refractivity contribution >= 4 is 23.5 Å². The highest BCUT2D eigenvalue weighted by molar-refractivity contribution is 8.00. The molecule has 2 atom stereocenters. The van der Waals surface area contributed by atoms with E-state index in [0.29, 0.717) is 11.1 Å². The van der Waals surface area contributed by atoms with E-state index in [1.54, 1.807) is 0 Å². The van der Waals surface area contributed by atoms with Crippen LogP contribution >= 0.6 is 11.8 Å². The molecule has 4 rings (SSSR count). The van der Waals surface area contributed by atoms with Gasteiger partial charge in [-0.3, -0.25) is 0 Å². The van der Waals surface area contributed by atoms with Gasteiger partial charge >= 0.3 is 6.03 Å². The molecule has 2 amide bonds. The topological polar surface area (TPSA) is 80.5 Å². The molecule has 1 aromatic carbocycles. The molecular formula is C16H18N4O3S. The number of rotatable bonds is 2. The second-order valence-corrected chi connectivity index (χ2v) is 7.14. The van der Waals surface area contributed by atoms with Crippen molar-refractivity contribution in [3.63, 3.8) is 0 Å². The number of fused-ring (bicyclic) bond motifs is 1. The Morgan fingerprint density at radius 2 is 2.38 bits per heavy atom. The molecule has 24 heavy (non-hydrogen) atoms. The van der Waals surface area contributed by atoms with Crippen LogP contribution in [0.25, 0.3) is 11.5 Å². The van der Waals surface area contributed by atoms with Crippen LogP contribution in [0, 0.1) is 0 Å². The van der Waals surface area contributed by atoms with E-state index >= 15 is 0 Å². The predicted molar refractivity (Wildman–Crippen MR) is 90.9 cm³/mol.